The van der Waals surface area contributed by atoms with E-state index in [4.69, 9.17) is 19.9 Å². The molecule has 18 heteroatoms. The van der Waals surface area contributed by atoms with E-state index in [1.54, 1.807) is 36.4 Å². The van der Waals surface area contributed by atoms with Gasteiger partial charge >= 0.3 is 27.0 Å². The molecule has 4 aromatic carbocycles. The van der Waals surface area contributed by atoms with Crippen LogP contribution in [0.3, 0.4) is 0 Å². The van der Waals surface area contributed by atoms with Crippen LogP contribution in [0.4, 0.5) is 0 Å². The molecule has 0 amide bonds. The van der Waals surface area contributed by atoms with Gasteiger partial charge in [-0.3, -0.25) is 0 Å². The van der Waals surface area contributed by atoms with Crippen LogP contribution in [0, 0.1) is 0 Å². The van der Waals surface area contributed by atoms with Crippen LogP contribution in [0.25, 0.3) is 89.7 Å². The predicted molar refractivity (Wildman–Crippen MR) is 178 cm³/mol. The molecular weight excluding hydrogens is 795 g/mol. The number of rotatable bonds is 2. The van der Waals surface area contributed by atoms with E-state index >= 15 is 0 Å². The van der Waals surface area contributed by atoms with Gasteiger partial charge < -0.3 is 19.1 Å². The van der Waals surface area contributed by atoms with Gasteiger partial charge in [0.15, 0.2) is 23.3 Å². The topological polar surface area (TPSA) is 223 Å². The number of benzene rings is 4. The van der Waals surface area contributed by atoms with E-state index in [0.29, 0.717) is 39.4 Å². The average molecular weight is 811 g/mol. The molecule has 8 bridgehead atoms. The summed E-state index contributed by atoms with van der Waals surface area (Å²) in [6.45, 7) is 0. The Morgan fingerprint density at radius 1 is 0.480 bits per heavy atom. The number of fused-ring (bicyclic) bond motifs is 20. The minimum atomic E-state index is -5.56. The van der Waals surface area contributed by atoms with E-state index < -0.39 is 35.4 Å². The second-order valence-electron chi connectivity index (χ2n) is 11.0. The zero-order chi connectivity index (χ0) is 34.9. The molecule has 0 unspecified atom stereocenters. The molecule has 2 aliphatic rings. The van der Waals surface area contributed by atoms with Crippen molar-refractivity contribution in [1.82, 2.24) is 39.9 Å². The number of nitrogens with zero attached hydrogens (tertiary/aromatic N) is 6. The van der Waals surface area contributed by atoms with E-state index in [-0.39, 0.29) is 34.2 Å². The van der Waals surface area contributed by atoms with Crippen molar-refractivity contribution < 1.29 is 43.3 Å². The Hall–Kier alpha value is -5.03. The molecular formula is C32H16ClN8O6RhS2. The summed E-state index contributed by atoms with van der Waals surface area (Å²) in [5.41, 5.74) is 3.08. The van der Waals surface area contributed by atoms with Crippen molar-refractivity contribution in [2.75, 3.05) is 0 Å². The van der Waals surface area contributed by atoms with Crippen molar-refractivity contribution in [1.29, 1.82) is 0 Å². The molecule has 50 heavy (non-hydrogen) atoms. The van der Waals surface area contributed by atoms with Crippen molar-refractivity contribution in [3.63, 3.8) is 0 Å². The Morgan fingerprint density at radius 3 is 1.28 bits per heavy atom. The third-order valence-electron chi connectivity index (χ3n) is 8.16. The summed E-state index contributed by atoms with van der Waals surface area (Å²) in [7, 11) is -6.45. The Bertz CT molecular complexity index is 2980. The first kappa shape index (κ1) is 32.2. The molecule has 0 radical (unpaired) electrons. The molecule has 2 N–H and O–H groups in total. The summed E-state index contributed by atoms with van der Waals surface area (Å²) in [6, 6.07) is 23.8. The quantitative estimate of drug-likeness (QED) is 0.166. The van der Waals surface area contributed by atoms with Gasteiger partial charge in [-0.15, -0.1) is 0 Å². The van der Waals surface area contributed by atoms with Crippen molar-refractivity contribution in [3.05, 3.63) is 84.9 Å². The average Bonchev–Trinajstić information content (AvgIpc) is 3.83. The SMILES string of the molecule is O=S(=O)([O-])c1ccc2c3nc4nc(nc5[nH]c(nc6nc(nc([nH]3)c2c1S(=O)(=O)[O-])-c1ccccc1-6)c1ccccc51)-c1ccccc1-4.[Cl][Rh+2]. The van der Waals surface area contributed by atoms with Gasteiger partial charge in [0.25, 0.3) is 0 Å². The van der Waals surface area contributed by atoms with Gasteiger partial charge in [-0.2, -0.15) is 0 Å². The zero-order valence-electron chi connectivity index (χ0n) is 24.7. The van der Waals surface area contributed by atoms with Gasteiger partial charge in [0, 0.05) is 43.8 Å². The summed E-state index contributed by atoms with van der Waals surface area (Å²) in [5.74, 6) is 0.876. The molecule has 0 saturated carbocycles. The standard InChI is InChI=1S/C32H18N8O6S2.ClH.Rh/c41-47(42,43)22-14-13-21-23(24(22)48(44,45)46)32-39-30-20-12-6-5-11-19(20)28(37-30)35-26-16-8-2-1-7-15(16)25(33-26)34-27-17-9-3-4-10-18(17)29(36-27)38-31(21)40-32;;/h1-14H,(H,41,42,43)(H,44,45,46)(H2,33,34,35,36,37,38,39,40);1H;/q;;+3/p-3. The van der Waals surface area contributed by atoms with E-state index in [2.05, 4.69) is 29.6 Å². The fourth-order valence-corrected chi connectivity index (χ4v) is 8.07. The van der Waals surface area contributed by atoms with Gasteiger partial charge in [-0.1, -0.05) is 72.8 Å². The van der Waals surface area contributed by atoms with Crippen LogP contribution < -0.4 is 0 Å². The van der Waals surface area contributed by atoms with Gasteiger partial charge in [-0.05, 0) is 12.1 Å². The molecule has 14 nitrogen and oxygen atoms in total. The predicted octanol–water partition coefficient (Wildman–Crippen LogP) is 5.36. The maximum absolute atomic E-state index is 12.7. The summed E-state index contributed by atoms with van der Waals surface area (Å²) in [4.78, 5) is 32.2. The van der Waals surface area contributed by atoms with E-state index in [9.17, 15) is 25.9 Å². The first-order chi connectivity index (χ1) is 24.0. The molecule has 2 aliphatic heterocycles. The Kier molecular flexibility index (Phi) is 7.59. The van der Waals surface area contributed by atoms with Crippen molar-refractivity contribution >= 4 is 74.1 Å². The Balaban J connectivity index is 0.00000177. The minimum absolute atomic E-state index is 0.00113. The molecule has 0 saturated heterocycles. The molecule has 0 atom stereocenters. The van der Waals surface area contributed by atoms with E-state index in [1.165, 1.54) is 6.07 Å². The molecule has 0 fully saturated rings. The number of halogens is 1. The summed E-state index contributed by atoms with van der Waals surface area (Å²) >= 11 is 2.02. The Labute approximate surface area is 295 Å². The zero-order valence-corrected chi connectivity index (χ0v) is 28.8. The van der Waals surface area contributed by atoms with Crippen LogP contribution in [-0.2, 0) is 37.5 Å². The van der Waals surface area contributed by atoms with E-state index in [1.807, 2.05) is 53.7 Å². The summed E-state index contributed by atoms with van der Waals surface area (Å²) in [6.07, 6.45) is 0. The van der Waals surface area contributed by atoms with Crippen LogP contribution in [0.1, 0.15) is 0 Å². The van der Waals surface area contributed by atoms with Gasteiger partial charge in [0.05, 0.1) is 9.79 Å². The number of H-pyrrole nitrogens is 2. The molecule has 0 spiro atoms. The van der Waals surface area contributed by atoms with Crippen molar-refractivity contribution in [3.8, 4) is 45.6 Å². The number of hydrogen-bond donors (Lipinski definition) is 2. The van der Waals surface area contributed by atoms with Gasteiger partial charge in [0.2, 0.25) is 0 Å². The fraction of sp³-hybridized carbons (Fsp3) is 0. The van der Waals surface area contributed by atoms with Crippen LogP contribution in [0.2, 0.25) is 0 Å². The first-order valence-corrected chi connectivity index (χ1v) is 19.3. The number of hydrogen-bond acceptors (Lipinski definition) is 12. The van der Waals surface area contributed by atoms with Crippen LogP contribution in [0.5, 0.6) is 0 Å². The first-order valence-electron chi connectivity index (χ1n) is 14.4. The maximum atomic E-state index is 12.7. The van der Waals surface area contributed by atoms with Crippen molar-refractivity contribution in [2.24, 2.45) is 0 Å². The van der Waals surface area contributed by atoms with Crippen LogP contribution >= 0.6 is 9.69 Å². The third kappa shape index (κ3) is 5.17. The number of nitrogens with one attached hydrogen (secondary N) is 2. The molecule has 0 aliphatic carbocycles. The molecule has 9 rings (SSSR count). The van der Waals surface area contributed by atoms with Gasteiger partial charge in [0.1, 0.15) is 42.8 Å². The Morgan fingerprint density at radius 2 is 0.860 bits per heavy atom. The third-order valence-corrected chi connectivity index (χ3v) is 10.1. The second-order valence-corrected chi connectivity index (χ2v) is 13.6. The van der Waals surface area contributed by atoms with E-state index in [0.717, 1.165) is 16.8 Å². The molecule has 7 aromatic rings. The fourth-order valence-electron chi connectivity index (χ4n) is 6.13. The summed E-state index contributed by atoms with van der Waals surface area (Å²) < 4.78 is 74.7. The molecule has 248 valence electrons. The van der Waals surface area contributed by atoms with Crippen LogP contribution in [0.15, 0.2) is 94.7 Å². The number of aromatic amines is 2. The number of aromatic nitrogens is 8. The normalized spacial score (nSPS) is 12.3. The molecule has 3 aromatic heterocycles. The monoisotopic (exact) mass is 810 g/mol. The summed E-state index contributed by atoms with van der Waals surface area (Å²) in [5, 5.41) is 1.13. The van der Waals surface area contributed by atoms with Crippen molar-refractivity contribution in [2.45, 2.75) is 9.79 Å². The van der Waals surface area contributed by atoms with Crippen LogP contribution in [-0.4, -0.2) is 65.8 Å². The molecule has 5 heterocycles. The second kappa shape index (κ2) is 11.8. The van der Waals surface area contributed by atoms with Gasteiger partial charge in [-0.25, -0.2) is 46.7 Å².